The summed E-state index contributed by atoms with van der Waals surface area (Å²) in [6.45, 7) is 5.68. The van der Waals surface area contributed by atoms with Gasteiger partial charge in [0.05, 0.1) is 6.33 Å². The Morgan fingerprint density at radius 1 is 1.47 bits per heavy atom. The molecule has 106 valence electrons. The third-order valence-electron chi connectivity index (χ3n) is 4.05. The van der Waals surface area contributed by atoms with Crippen molar-refractivity contribution in [3.63, 3.8) is 0 Å². The largest absolute Gasteiger partial charge is 0.458 e. The maximum absolute atomic E-state index is 12.0. The summed E-state index contributed by atoms with van der Waals surface area (Å²) in [4.78, 5) is 16.1. The second-order valence-electron chi connectivity index (χ2n) is 5.58. The molecule has 3 atom stereocenters. The number of carbonyl (C=O) groups excluding carboxylic acids is 1. The topological polar surface area (TPSA) is 70.1 Å². The van der Waals surface area contributed by atoms with Gasteiger partial charge < -0.3 is 15.0 Å². The molecule has 5 heteroatoms. The van der Waals surface area contributed by atoms with Gasteiger partial charge in [0.1, 0.15) is 6.10 Å². The first-order valence-corrected chi connectivity index (χ1v) is 7.03. The zero-order chi connectivity index (χ0) is 13.8. The summed E-state index contributed by atoms with van der Waals surface area (Å²) >= 11 is 0. The SMILES string of the molecule is CC1CCC(OC(=O)c2cn(CCN)cn2)CC1C. The molecular weight excluding hydrogens is 242 g/mol. The van der Waals surface area contributed by atoms with Crippen LogP contribution >= 0.6 is 0 Å². The molecule has 0 aliphatic heterocycles. The van der Waals surface area contributed by atoms with Crippen molar-refractivity contribution in [3.8, 4) is 0 Å². The van der Waals surface area contributed by atoms with Crippen LogP contribution in [0.25, 0.3) is 0 Å². The van der Waals surface area contributed by atoms with Crippen molar-refractivity contribution in [1.82, 2.24) is 9.55 Å². The highest BCUT2D eigenvalue weighted by atomic mass is 16.5. The van der Waals surface area contributed by atoms with Crippen molar-refractivity contribution >= 4 is 5.97 Å². The van der Waals surface area contributed by atoms with Crippen LogP contribution in [0.4, 0.5) is 0 Å². The van der Waals surface area contributed by atoms with Crippen LogP contribution in [0.3, 0.4) is 0 Å². The predicted molar refractivity (Wildman–Crippen MR) is 72.7 cm³/mol. The van der Waals surface area contributed by atoms with E-state index in [1.54, 1.807) is 12.5 Å². The second-order valence-corrected chi connectivity index (χ2v) is 5.58. The average Bonchev–Trinajstić information content (AvgIpc) is 2.83. The summed E-state index contributed by atoms with van der Waals surface area (Å²) in [5, 5.41) is 0. The Morgan fingerprint density at radius 2 is 2.26 bits per heavy atom. The van der Waals surface area contributed by atoms with E-state index in [0.717, 1.165) is 25.2 Å². The fraction of sp³-hybridized carbons (Fsp3) is 0.714. The average molecular weight is 265 g/mol. The lowest BCUT2D eigenvalue weighted by Gasteiger charge is -2.31. The first-order valence-electron chi connectivity index (χ1n) is 7.03. The van der Waals surface area contributed by atoms with Crippen LogP contribution in [0.2, 0.25) is 0 Å². The van der Waals surface area contributed by atoms with Gasteiger partial charge in [-0.25, -0.2) is 9.78 Å². The first-order chi connectivity index (χ1) is 9.10. The van der Waals surface area contributed by atoms with Gasteiger partial charge in [0.25, 0.3) is 0 Å². The normalized spacial score (nSPS) is 27.2. The van der Waals surface area contributed by atoms with Crippen molar-refractivity contribution in [1.29, 1.82) is 0 Å². The molecule has 2 rings (SSSR count). The van der Waals surface area contributed by atoms with Gasteiger partial charge in [0.15, 0.2) is 5.69 Å². The van der Waals surface area contributed by atoms with Gasteiger partial charge in [0, 0.05) is 19.3 Å². The minimum atomic E-state index is -0.317. The van der Waals surface area contributed by atoms with Crippen LogP contribution in [0, 0.1) is 11.8 Å². The Balaban J connectivity index is 1.89. The quantitative estimate of drug-likeness (QED) is 0.843. The molecule has 1 aliphatic carbocycles. The number of hydrogen-bond acceptors (Lipinski definition) is 4. The van der Waals surface area contributed by atoms with E-state index in [4.69, 9.17) is 10.5 Å². The first kappa shape index (κ1) is 14.1. The highest BCUT2D eigenvalue weighted by molar-refractivity contribution is 5.87. The van der Waals surface area contributed by atoms with E-state index in [1.165, 1.54) is 0 Å². The van der Waals surface area contributed by atoms with Gasteiger partial charge in [-0.1, -0.05) is 13.8 Å². The highest BCUT2D eigenvalue weighted by Crippen LogP contribution is 2.31. The van der Waals surface area contributed by atoms with E-state index in [2.05, 4.69) is 18.8 Å². The summed E-state index contributed by atoms with van der Waals surface area (Å²) in [5.74, 6) is 1.02. The number of nitrogens with zero attached hydrogens (tertiary/aromatic N) is 2. The summed E-state index contributed by atoms with van der Waals surface area (Å²) in [6, 6.07) is 0. The Bertz CT molecular complexity index is 430. The lowest BCUT2D eigenvalue weighted by Crippen LogP contribution is -2.28. The fourth-order valence-electron chi connectivity index (χ4n) is 2.55. The number of ether oxygens (including phenoxy) is 1. The molecule has 0 radical (unpaired) electrons. The zero-order valence-electron chi connectivity index (χ0n) is 11.7. The van der Waals surface area contributed by atoms with Crippen molar-refractivity contribution in [2.24, 2.45) is 17.6 Å². The summed E-state index contributed by atoms with van der Waals surface area (Å²) < 4.78 is 7.35. The van der Waals surface area contributed by atoms with Crippen molar-refractivity contribution in [2.75, 3.05) is 6.54 Å². The van der Waals surface area contributed by atoms with Crippen LogP contribution in [0.15, 0.2) is 12.5 Å². The van der Waals surface area contributed by atoms with Crippen LogP contribution in [-0.4, -0.2) is 28.2 Å². The Labute approximate surface area is 114 Å². The lowest BCUT2D eigenvalue weighted by atomic mass is 9.80. The standard InChI is InChI=1S/C14H23N3O2/c1-10-3-4-12(7-11(10)2)19-14(18)13-8-17(6-5-15)9-16-13/h8-12H,3-7,15H2,1-2H3. The molecule has 0 amide bonds. The molecule has 19 heavy (non-hydrogen) atoms. The number of rotatable bonds is 4. The van der Waals surface area contributed by atoms with Crippen LogP contribution in [-0.2, 0) is 11.3 Å². The third kappa shape index (κ3) is 3.56. The Kier molecular flexibility index (Phi) is 4.58. The molecule has 5 nitrogen and oxygen atoms in total. The minimum absolute atomic E-state index is 0.0401. The predicted octanol–water partition coefficient (Wildman–Crippen LogP) is 1.82. The van der Waals surface area contributed by atoms with Gasteiger partial charge >= 0.3 is 5.97 Å². The number of carbonyl (C=O) groups is 1. The maximum atomic E-state index is 12.0. The lowest BCUT2D eigenvalue weighted by molar-refractivity contribution is 0.00822. The van der Waals surface area contributed by atoms with E-state index in [1.807, 2.05) is 4.57 Å². The molecule has 2 N–H and O–H groups in total. The molecule has 1 aromatic rings. The molecule has 0 spiro atoms. The molecule has 0 aromatic carbocycles. The van der Waals surface area contributed by atoms with E-state index in [9.17, 15) is 4.79 Å². The molecular formula is C14H23N3O2. The van der Waals surface area contributed by atoms with E-state index < -0.39 is 0 Å². The third-order valence-corrected chi connectivity index (χ3v) is 4.05. The van der Waals surface area contributed by atoms with Gasteiger partial charge in [-0.15, -0.1) is 0 Å². The zero-order valence-corrected chi connectivity index (χ0v) is 11.7. The maximum Gasteiger partial charge on any atom is 0.358 e. The van der Waals surface area contributed by atoms with Crippen LogP contribution < -0.4 is 5.73 Å². The molecule has 0 bridgehead atoms. The number of nitrogens with two attached hydrogens (primary N) is 1. The Hall–Kier alpha value is -1.36. The van der Waals surface area contributed by atoms with Crippen molar-refractivity contribution < 1.29 is 9.53 Å². The van der Waals surface area contributed by atoms with E-state index in [-0.39, 0.29) is 12.1 Å². The molecule has 1 aliphatic rings. The van der Waals surface area contributed by atoms with E-state index in [0.29, 0.717) is 24.7 Å². The Morgan fingerprint density at radius 3 is 2.95 bits per heavy atom. The molecule has 1 fully saturated rings. The second kappa shape index (κ2) is 6.19. The number of aromatic nitrogens is 2. The smallest absolute Gasteiger partial charge is 0.358 e. The molecule has 1 aromatic heterocycles. The van der Waals surface area contributed by atoms with Gasteiger partial charge in [-0.2, -0.15) is 0 Å². The molecule has 1 heterocycles. The van der Waals surface area contributed by atoms with Crippen molar-refractivity contribution in [2.45, 2.75) is 45.8 Å². The number of esters is 1. The fourth-order valence-corrected chi connectivity index (χ4v) is 2.55. The van der Waals surface area contributed by atoms with Crippen molar-refractivity contribution in [3.05, 3.63) is 18.2 Å². The van der Waals surface area contributed by atoms with Crippen LogP contribution in [0.1, 0.15) is 43.6 Å². The molecule has 3 unspecified atom stereocenters. The number of hydrogen-bond donors (Lipinski definition) is 1. The highest BCUT2D eigenvalue weighted by Gasteiger charge is 2.27. The monoisotopic (exact) mass is 265 g/mol. The van der Waals surface area contributed by atoms with Gasteiger partial charge in [-0.05, 0) is 31.1 Å². The molecule has 0 saturated heterocycles. The number of imidazole rings is 1. The molecule has 1 saturated carbocycles. The van der Waals surface area contributed by atoms with Gasteiger partial charge in [0.2, 0.25) is 0 Å². The van der Waals surface area contributed by atoms with E-state index >= 15 is 0 Å². The minimum Gasteiger partial charge on any atom is -0.458 e. The van der Waals surface area contributed by atoms with Gasteiger partial charge in [-0.3, -0.25) is 0 Å². The summed E-state index contributed by atoms with van der Waals surface area (Å²) in [7, 11) is 0. The summed E-state index contributed by atoms with van der Waals surface area (Å²) in [5.41, 5.74) is 5.83. The summed E-state index contributed by atoms with van der Waals surface area (Å²) in [6.07, 6.45) is 6.40. The van der Waals surface area contributed by atoms with Crippen LogP contribution in [0.5, 0.6) is 0 Å².